The fourth-order valence-corrected chi connectivity index (χ4v) is 2.25. The van der Waals surface area contributed by atoms with Crippen molar-refractivity contribution in [3.8, 4) is 0 Å². The van der Waals surface area contributed by atoms with Crippen molar-refractivity contribution in [1.82, 2.24) is 4.98 Å². The summed E-state index contributed by atoms with van der Waals surface area (Å²) in [6.45, 7) is 7.14. The van der Waals surface area contributed by atoms with Crippen molar-refractivity contribution in [3.63, 3.8) is 0 Å². The van der Waals surface area contributed by atoms with E-state index >= 15 is 0 Å². The smallest absolute Gasteiger partial charge is 0.0954 e. The van der Waals surface area contributed by atoms with Gasteiger partial charge in [-0.2, -0.15) is 0 Å². The number of aromatic nitrogens is 1. The Kier molecular flexibility index (Phi) is 4.51. The summed E-state index contributed by atoms with van der Waals surface area (Å²) in [6.07, 6.45) is 0.430. The molecule has 1 atom stereocenters. The molecule has 0 spiro atoms. The first-order chi connectivity index (χ1) is 6.65. The Labute approximate surface area is 88.8 Å². The van der Waals surface area contributed by atoms with E-state index in [0.29, 0.717) is 6.61 Å². The molecular weight excluding hydrogens is 198 g/mol. The molecule has 14 heavy (non-hydrogen) atoms. The Morgan fingerprint density at radius 3 is 2.79 bits per heavy atom. The van der Waals surface area contributed by atoms with Crippen molar-refractivity contribution < 1.29 is 9.84 Å². The highest BCUT2D eigenvalue weighted by Gasteiger charge is 2.11. The molecular formula is C10H17NO2S. The second-order valence-electron chi connectivity index (χ2n) is 3.18. The topological polar surface area (TPSA) is 42.4 Å². The minimum absolute atomic E-state index is 0.409. The van der Waals surface area contributed by atoms with Gasteiger partial charge in [-0.3, -0.25) is 0 Å². The molecule has 0 aliphatic carbocycles. The highest BCUT2D eigenvalue weighted by atomic mass is 32.1. The largest absolute Gasteiger partial charge is 0.388 e. The van der Waals surface area contributed by atoms with E-state index < -0.39 is 6.10 Å². The maximum absolute atomic E-state index is 9.43. The second-order valence-corrected chi connectivity index (χ2v) is 4.30. The fourth-order valence-electron chi connectivity index (χ4n) is 1.26. The lowest BCUT2D eigenvalue weighted by Gasteiger charge is -1.99. The highest BCUT2D eigenvalue weighted by molar-refractivity contribution is 7.11. The van der Waals surface area contributed by atoms with E-state index in [1.807, 2.05) is 13.8 Å². The number of aryl methyl sites for hydroxylation is 1. The first-order valence-electron chi connectivity index (χ1n) is 4.87. The number of thiazole rings is 1. The Morgan fingerprint density at radius 2 is 2.29 bits per heavy atom. The number of hydrogen-bond acceptors (Lipinski definition) is 4. The van der Waals surface area contributed by atoms with E-state index in [-0.39, 0.29) is 0 Å². The lowest BCUT2D eigenvalue weighted by molar-refractivity contribution is 0.151. The molecule has 0 saturated heterocycles. The summed E-state index contributed by atoms with van der Waals surface area (Å²) in [7, 11) is 0. The number of ether oxygens (including phenoxy) is 1. The third-order valence-corrected chi connectivity index (χ3v) is 3.31. The van der Waals surface area contributed by atoms with Crippen LogP contribution in [0.15, 0.2) is 0 Å². The van der Waals surface area contributed by atoms with Gasteiger partial charge in [-0.05, 0) is 20.8 Å². The first kappa shape index (κ1) is 11.6. The summed E-state index contributed by atoms with van der Waals surface area (Å²) in [4.78, 5) is 5.35. The van der Waals surface area contributed by atoms with Gasteiger partial charge >= 0.3 is 0 Å². The third-order valence-electron chi connectivity index (χ3n) is 1.92. The van der Waals surface area contributed by atoms with Crippen LogP contribution in [0.3, 0.4) is 0 Å². The number of rotatable bonds is 5. The molecule has 0 fully saturated rings. The molecule has 1 aromatic rings. The van der Waals surface area contributed by atoms with Crippen LogP contribution in [0.2, 0.25) is 0 Å². The molecule has 4 heteroatoms. The molecule has 3 nitrogen and oxygen atoms in total. The van der Waals surface area contributed by atoms with Crippen LogP contribution in [0.25, 0.3) is 0 Å². The molecule has 80 valence electrons. The molecule has 0 radical (unpaired) electrons. The van der Waals surface area contributed by atoms with E-state index in [0.717, 1.165) is 28.6 Å². The SMILES string of the molecule is CCOCCc1nc(C)c(C(C)O)s1. The van der Waals surface area contributed by atoms with Crippen LogP contribution >= 0.6 is 11.3 Å². The van der Waals surface area contributed by atoms with Gasteiger partial charge in [0.15, 0.2) is 0 Å². The lowest BCUT2D eigenvalue weighted by Crippen LogP contribution is -1.97. The van der Waals surface area contributed by atoms with E-state index in [4.69, 9.17) is 4.74 Å². The molecule has 1 N–H and O–H groups in total. The van der Waals surface area contributed by atoms with Crippen molar-refractivity contribution in [2.24, 2.45) is 0 Å². The summed E-state index contributed by atoms with van der Waals surface area (Å²) in [5, 5.41) is 10.5. The summed E-state index contributed by atoms with van der Waals surface area (Å²) in [5.74, 6) is 0. The van der Waals surface area contributed by atoms with Crippen LogP contribution in [0.5, 0.6) is 0 Å². The zero-order valence-electron chi connectivity index (χ0n) is 8.91. The highest BCUT2D eigenvalue weighted by Crippen LogP contribution is 2.24. The molecule has 1 rings (SSSR count). The second kappa shape index (κ2) is 5.44. The maximum atomic E-state index is 9.43. The minimum atomic E-state index is -0.409. The van der Waals surface area contributed by atoms with Gasteiger partial charge in [0.25, 0.3) is 0 Å². The number of hydrogen-bond donors (Lipinski definition) is 1. The Hall–Kier alpha value is -0.450. The average molecular weight is 215 g/mol. The molecule has 1 heterocycles. The fraction of sp³-hybridized carbons (Fsp3) is 0.700. The first-order valence-corrected chi connectivity index (χ1v) is 5.68. The molecule has 0 amide bonds. The number of aliphatic hydroxyl groups excluding tert-OH is 1. The maximum Gasteiger partial charge on any atom is 0.0954 e. The Morgan fingerprint density at radius 1 is 1.57 bits per heavy atom. The summed E-state index contributed by atoms with van der Waals surface area (Å²) in [5.41, 5.74) is 0.941. The predicted molar refractivity (Wildman–Crippen MR) is 57.7 cm³/mol. The van der Waals surface area contributed by atoms with E-state index in [1.54, 1.807) is 18.3 Å². The standard InChI is InChI=1S/C10H17NO2S/c1-4-13-6-5-9-11-7(2)10(14-9)8(3)12/h8,12H,4-6H2,1-3H3. The zero-order chi connectivity index (χ0) is 10.6. The number of aliphatic hydroxyl groups is 1. The Bertz CT molecular complexity index is 284. The van der Waals surface area contributed by atoms with Crippen molar-refractivity contribution in [3.05, 3.63) is 15.6 Å². The normalized spacial score (nSPS) is 13.1. The van der Waals surface area contributed by atoms with Gasteiger partial charge in [0, 0.05) is 13.0 Å². The molecule has 0 saturated carbocycles. The quantitative estimate of drug-likeness (QED) is 0.765. The average Bonchev–Trinajstić information content (AvgIpc) is 2.47. The predicted octanol–water partition coefficient (Wildman–Crippen LogP) is 2.08. The summed E-state index contributed by atoms with van der Waals surface area (Å²) >= 11 is 1.58. The Balaban J connectivity index is 2.57. The van der Waals surface area contributed by atoms with Crippen molar-refractivity contribution >= 4 is 11.3 Å². The van der Waals surface area contributed by atoms with E-state index in [2.05, 4.69) is 4.98 Å². The zero-order valence-corrected chi connectivity index (χ0v) is 9.73. The van der Waals surface area contributed by atoms with Gasteiger partial charge in [0.05, 0.1) is 28.3 Å². The summed E-state index contributed by atoms with van der Waals surface area (Å²) < 4.78 is 5.25. The van der Waals surface area contributed by atoms with Gasteiger partial charge < -0.3 is 9.84 Å². The van der Waals surface area contributed by atoms with Crippen molar-refractivity contribution in [2.75, 3.05) is 13.2 Å². The van der Waals surface area contributed by atoms with Crippen molar-refractivity contribution in [2.45, 2.75) is 33.3 Å². The monoisotopic (exact) mass is 215 g/mol. The number of nitrogens with zero attached hydrogens (tertiary/aromatic N) is 1. The molecule has 0 bridgehead atoms. The molecule has 0 aliphatic rings. The van der Waals surface area contributed by atoms with Gasteiger partial charge in [0.2, 0.25) is 0 Å². The molecule has 0 aromatic carbocycles. The lowest BCUT2D eigenvalue weighted by atomic mass is 10.3. The van der Waals surface area contributed by atoms with E-state index in [1.165, 1.54) is 0 Å². The third kappa shape index (κ3) is 3.04. The van der Waals surface area contributed by atoms with Crippen LogP contribution in [0, 0.1) is 6.92 Å². The summed E-state index contributed by atoms with van der Waals surface area (Å²) in [6, 6.07) is 0. The van der Waals surface area contributed by atoms with Crippen LogP contribution in [-0.2, 0) is 11.2 Å². The molecule has 0 aliphatic heterocycles. The van der Waals surface area contributed by atoms with Crippen molar-refractivity contribution in [1.29, 1.82) is 0 Å². The molecule has 1 aromatic heterocycles. The van der Waals surface area contributed by atoms with Gasteiger partial charge in [0.1, 0.15) is 0 Å². The van der Waals surface area contributed by atoms with Gasteiger partial charge in [-0.15, -0.1) is 11.3 Å². The minimum Gasteiger partial charge on any atom is -0.388 e. The van der Waals surface area contributed by atoms with E-state index in [9.17, 15) is 5.11 Å². The van der Waals surface area contributed by atoms with Crippen LogP contribution < -0.4 is 0 Å². The van der Waals surface area contributed by atoms with Crippen LogP contribution in [0.1, 0.15) is 35.5 Å². The van der Waals surface area contributed by atoms with Gasteiger partial charge in [-0.1, -0.05) is 0 Å². The van der Waals surface area contributed by atoms with Gasteiger partial charge in [-0.25, -0.2) is 4.98 Å². The van der Waals surface area contributed by atoms with Crippen LogP contribution in [0.4, 0.5) is 0 Å². The molecule has 1 unspecified atom stereocenters. The van der Waals surface area contributed by atoms with Crippen LogP contribution in [-0.4, -0.2) is 23.3 Å².